The minimum absolute atomic E-state index is 0.185. The van der Waals surface area contributed by atoms with Crippen molar-refractivity contribution < 1.29 is 4.79 Å². The highest BCUT2D eigenvalue weighted by atomic mass is 35.5. The van der Waals surface area contributed by atoms with Gasteiger partial charge >= 0.3 is 0 Å². The first-order valence-electron chi connectivity index (χ1n) is 6.83. The van der Waals surface area contributed by atoms with E-state index < -0.39 is 0 Å². The molecule has 21 heavy (non-hydrogen) atoms. The second-order valence-corrected chi connectivity index (χ2v) is 5.40. The monoisotopic (exact) mass is 302 g/mol. The van der Waals surface area contributed by atoms with E-state index in [9.17, 15) is 4.79 Å². The number of carbonyl (C=O) groups is 1. The molecule has 2 rings (SSSR count). The molecule has 2 aromatic rings. The summed E-state index contributed by atoms with van der Waals surface area (Å²) in [5.74, 6) is -0.185. The summed E-state index contributed by atoms with van der Waals surface area (Å²) >= 11 is 6.05. The number of rotatable bonds is 4. The van der Waals surface area contributed by atoms with E-state index in [1.807, 2.05) is 6.07 Å². The highest BCUT2D eigenvalue weighted by Gasteiger charge is 2.10. The molecule has 0 heterocycles. The number of nitrogens with one attached hydrogen (secondary N) is 2. The molecule has 0 saturated carbocycles. The summed E-state index contributed by atoms with van der Waals surface area (Å²) in [5.41, 5.74) is 5.13. The SMILES string of the molecule is CNC(=O)c1cc(NCc2c(C)cccc2C)ccc1Cl. The van der Waals surface area contributed by atoms with E-state index in [0.717, 1.165) is 5.69 Å². The van der Waals surface area contributed by atoms with E-state index >= 15 is 0 Å². The van der Waals surface area contributed by atoms with Crippen LogP contribution in [0.5, 0.6) is 0 Å². The van der Waals surface area contributed by atoms with Gasteiger partial charge in [-0.3, -0.25) is 4.79 Å². The number of hydrogen-bond acceptors (Lipinski definition) is 2. The van der Waals surface area contributed by atoms with Gasteiger partial charge in [-0.05, 0) is 48.7 Å². The third-order valence-electron chi connectivity index (χ3n) is 3.55. The molecule has 0 radical (unpaired) electrons. The van der Waals surface area contributed by atoms with Crippen molar-refractivity contribution >= 4 is 23.2 Å². The van der Waals surface area contributed by atoms with Gasteiger partial charge in [0, 0.05) is 19.3 Å². The molecule has 0 aliphatic carbocycles. The fraction of sp³-hybridized carbons (Fsp3) is 0.235. The standard InChI is InChI=1S/C17H19ClN2O/c1-11-5-4-6-12(2)15(11)10-20-13-7-8-16(18)14(9-13)17(21)19-3/h4-9,20H,10H2,1-3H3,(H,19,21). The van der Waals surface area contributed by atoms with Gasteiger partial charge in [0.2, 0.25) is 0 Å². The Balaban J connectivity index is 2.19. The highest BCUT2D eigenvalue weighted by Crippen LogP contribution is 2.22. The van der Waals surface area contributed by atoms with E-state index in [2.05, 4.69) is 42.7 Å². The van der Waals surface area contributed by atoms with Crippen LogP contribution < -0.4 is 10.6 Å². The van der Waals surface area contributed by atoms with E-state index in [1.54, 1.807) is 19.2 Å². The van der Waals surface area contributed by atoms with Crippen molar-refractivity contribution in [3.63, 3.8) is 0 Å². The molecule has 0 aliphatic heterocycles. The molecule has 0 aromatic heterocycles. The van der Waals surface area contributed by atoms with Crippen molar-refractivity contribution in [2.24, 2.45) is 0 Å². The minimum atomic E-state index is -0.185. The van der Waals surface area contributed by atoms with Gasteiger partial charge in [0.15, 0.2) is 0 Å². The Bertz CT molecular complexity index is 648. The van der Waals surface area contributed by atoms with Gasteiger partial charge in [0.25, 0.3) is 5.91 Å². The topological polar surface area (TPSA) is 41.1 Å². The van der Waals surface area contributed by atoms with Gasteiger partial charge < -0.3 is 10.6 Å². The molecule has 0 atom stereocenters. The second-order valence-electron chi connectivity index (χ2n) is 5.00. The zero-order valence-electron chi connectivity index (χ0n) is 12.5. The maximum atomic E-state index is 11.7. The minimum Gasteiger partial charge on any atom is -0.381 e. The molecule has 0 aliphatic rings. The first-order chi connectivity index (χ1) is 10.0. The van der Waals surface area contributed by atoms with Gasteiger partial charge in [0.05, 0.1) is 10.6 Å². The number of amides is 1. The predicted octanol–water partition coefficient (Wildman–Crippen LogP) is 3.93. The summed E-state index contributed by atoms with van der Waals surface area (Å²) in [6.07, 6.45) is 0. The molecule has 1 amide bonds. The van der Waals surface area contributed by atoms with Gasteiger partial charge in [-0.2, -0.15) is 0 Å². The molecule has 0 spiro atoms. The lowest BCUT2D eigenvalue weighted by Gasteiger charge is -2.13. The summed E-state index contributed by atoms with van der Waals surface area (Å²) in [6, 6.07) is 11.6. The molecule has 2 aromatic carbocycles. The lowest BCUT2D eigenvalue weighted by atomic mass is 10.0. The molecule has 0 fully saturated rings. The van der Waals surface area contributed by atoms with Crippen molar-refractivity contribution in [1.29, 1.82) is 0 Å². The predicted molar refractivity (Wildman–Crippen MR) is 88.1 cm³/mol. The van der Waals surface area contributed by atoms with Gasteiger partial charge in [-0.25, -0.2) is 0 Å². The molecule has 2 N–H and O–H groups in total. The van der Waals surface area contributed by atoms with Crippen molar-refractivity contribution in [1.82, 2.24) is 5.32 Å². The Morgan fingerprint density at radius 1 is 1.14 bits per heavy atom. The summed E-state index contributed by atoms with van der Waals surface area (Å²) in [7, 11) is 1.59. The average molecular weight is 303 g/mol. The second kappa shape index (κ2) is 6.64. The van der Waals surface area contributed by atoms with Gasteiger partial charge in [0.1, 0.15) is 0 Å². The van der Waals surface area contributed by atoms with Crippen LogP contribution in [0.15, 0.2) is 36.4 Å². The van der Waals surface area contributed by atoms with Crippen molar-refractivity contribution in [3.8, 4) is 0 Å². The molecule has 0 saturated heterocycles. The van der Waals surface area contributed by atoms with Crippen LogP contribution in [0.2, 0.25) is 5.02 Å². The van der Waals surface area contributed by atoms with Gasteiger partial charge in [-0.15, -0.1) is 0 Å². The lowest BCUT2D eigenvalue weighted by molar-refractivity contribution is 0.0963. The van der Waals surface area contributed by atoms with E-state index in [4.69, 9.17) is 11.6 Å². The van der Waals surface area contributed by atoms with Crippen LogP contribution in [0.3, 0.4) is 0 Å². The Labute approximate surface area is 130 Å². The molecular weight excluding hydrogens is 284 g/mol. The maximum absolute atomic E-state index is 11.7. The van der Waals surface area contributed by atoms with Crippen molar-refractivity contribution in [3.05, 3.63) is 63.7 Å². The molecule has 3 nitrogen and oxygen atoms in total. The van der Waals surface area contributed by atoms with Crippen molar-refractivity contribution in [2.75, 3.05) is 12.4 Å². The normalized spacial score (nSPS) is 10.3. The zero-order valence-corrected chi connectivity index (χ0v) is 13.2. The first kappa shape index (κ1) is 15.4. The Morgan fingerprint density at radius 3 is 2.43 bits per heavy atom. The van der Waals surface area contributed by atoms with Crippen molar-refractivity contribution in [2.45, 2.75) is 20.4 Å². The van der Waals surface area contributed by atoms with Crippen LogP contribution in [-0.2, 0) is 6.54 Å². The number of benzene rings is 2. The van der Waals surface area contributed by atoms with E-state index in [0.29, 0.717) is 17.1 Å². The number of aryl methyl sites for hydroxylation is 2. The molecule has 0 bridgehead atoms. The van der Waals surface area contributed by atoms with Crippen LogP contribution in [0.4, 0.5) is 5.69 Å². The summed E-state index contributed by atoms with van der Waals surface area (Å²) in [6.45, 7) is 4.91. The molecule has 0 unspecified atom stereocenters. The Hall–Kier alpha value is -2.00. The molecule has 4 heteroatoms. The first-order valence-corrected chi connectivity index (χ1v) is 7.21. The zero-order chi connectivity index (χ0) is 15.4. The quantitative estimate of drug-likeness (QED) is 0.898. The number of carbonyl (C=O) groups excluding carboxylic acids is 1. The lowest BCUT2D eigenvalue weighted by Crippen LogP contribution is -2.18. The van der Waals surface area contributed by atoms with Gasteiger partial charge in [-0.1, -0.05) is 29.8 Å². The smallest absolute Gasteiger partial charge is 0.252 e. The average Bonchev–Trinajstić information content (AvgIpc) is 2.47. The van der Waals surface area contributed by atoms with Crippen LogP contribution in [-0.4, -0.2) is 13.0 Å². The third kappa shape index (κ3) is 3.56. The van der Waals surface area contributed by atoms with Crippen LogP contribution in [0.1, 0.15) is 27.0 Å². The maximum Gasteiger partial charge on any atom is 0.252 e. The fourth-order valence-corrected chi connectivity index (χ4v) is 2.47. The van der Waals surface area contributed by atoms with E-state index in [1.165, 1.54) is 16.7 Å². The molecular formula is C17H19ClN2O. The van der Waals surface area contributed by atoms with E-state index in [-0.39, 0.29) is 5.91 Å². The summed E-state index contributed by atoms with van der Waals surface area (Å²) < 4.78 is 0. The van der Waals surface area contributed by atoms with Crippen LogP contribution in [0.25, 0.3) is 0 Å². The molecule has 110 valence electrons. The Morgan fingerprint density at radius 2 is 1.81 bits per heavy atom. The van der Waals surface area contributed by atoms with Crippen LogP contribution >= 0.6 is 11.6 Å². The number of hydrogen-bond donors (Lipinski definition) is 2. The summed E-state index contributed by atoms with van der Waals surface area (Å²) in [4.78, 5) is 11.7. The highest BCUT2D eigenvalue weighted by molar-refractivity contribution is 6.34. The Kier molecular flexibility index (Phi) is 4.86. The number of anilines is 1. The largest absolute Gasteiger partial charge is 0.381 e. The summed E-state index contributed by atoms with van der Waals surface area (Å²) in [5, 5.41) is 6.39. The third-order valence-corrected chi connectivity index (χ3v) is 3.88. The fourth-order valence-electron chi connectivity index (χ4n) is 2.26. The number of halogens is 1. The van der Waals surface area contributed by atoms with Crippen LogP contribution in [0, 0.1) is 13.8 Å².